The van der Waals surface area contributed by atoms with Crippen LogP contribution in [0.3, 0.4) is 0 Å². The van der Waals surface area contributed by atoms with Gasteiger partial charge in [-0.25, -0.2) is 0 Å². The number of hydrogen-bond donors (Lipinski definition) is 1. The van der Waals surface area contributed by atoms with E-state index in [1.165, 1.54) is 0 Å². The molecule has 4 heavy (non-hydrogen) atoms. The van der Waals surface area contributed by atoms with Crippen LogP contribution in [0, 0.1) is 0 Å². The molecule has 0 aromatic heterocycles. The van der Waals surface area contributed by atoms with E-state index in [4.69, 9.17) is 0 Å². The Hall–Kier alpha value is 1.82. The summed E-state index contributed by atoms with van der Waals surface area (Å²) in [5, 5.41) is 0. The predicted octanol–water partition coefficient (Wildman–Crippen LogP) is -5.68. The standard InChI is InChI=1S/ClH.FH.K.H3N/h2*1H;;1H3/q;;+1;/p-1. The molecule has 0 aliphatic rings. The van der Waals surface area contributed by atoms with Crippen LogP contribution in [0.2, 0.25) is 0 Å². The normalized spacial score (nSPS) is 0. The maximum Gasteiger partial charge on any atom is 1.00 e. The van der Waals surface area contributed by atoms with E-state index in [2.05, 4.69) is 0 Å². The van der Waals surface area contributed by atoms with E-state index in [9.17, 15) is 0 Å². The van der Waals surface area contributed by atoms with E-state index in [0.29, 0.717) is 0 Å². The molecule has 0 aliphatic carbocycles. The first-order valence-corrected chi connectivity index (χ1v) is 0. The smallest absolute Gasteiger partial charge is 1.00 e. The Morgan fingerprint density at radius 1 is 1.00 bits per heavy atom. The maximum atomic E-state index is 0. The molecule has 0 saturated carbocycles. The third-order valence-electron chi connectivity index (χ3n) is 0. The van der Waals surface area contributed by atoms with Gasteiger partial charge in [0.1, 0.15) is 0 Å². The van der Waals surface area contributed by atoms with Crippen molar-refractivity contribution in [3.8, 4) is 0 Å². The van der Waals surface area contributed by atoms with E-state index >= 15 is 0 Å². The summed E-state index contributed by atoms with van der Waals surface area (Å²) in [6.07, 6.45) is 0. The third kappa shape index (κ3) is 9.18. The van der Waals surface area contributed by atoms with Gasteiger partial charge in [0, 0.05) is 0 Å². The number of hydrogen-bond acceptors (Lipinski definition) is 1. The van der Waals surface area contributed by atoms with Crippen molar-refractivity contribution in [1.82, 2.24) is 6.15 Å². The van der Waals surface area contributed by atoms with Crippen LogP contribution in [-0.4, -0.2) is 0 Å². The van der Waals surface area contributed by atoms with Gasteiger partial charge in [-0.1, -0.05) is 0 Å². The fourth-order valence-electron chi connectivity index (χ4n) is 0. The van der Waals surface area contributed by atoms with Crippen molar-refractivity contribution in [2.75, 3.05) is 0 Å². The van der Waals surface area contributed by atoms with E-state index in [0.717, 1.165) is 0 Å². The SMILES string of the molecule is F.N.[Cl-].[K+]. The molecule has 1 nitrogen and oxygen atoms in total. The molecule has 0 fully saturated rings. The van der Waals surface area contributed by atoms with Gasteiger partial charge >= 0.3 is 51.4 Å². The maximum absolute atomic E-state index is 0. The zero-order chi connectivity index (χ0) is 0. The molecule has 0 atom stereocenters. The van der Waals surface area contributed by atoms with Crippen LogP contribution in [0.5, 0.6) is 0 Å². The second-order valence-electron chi connectivity index (χ2n) is 0. The van der Waals surface area contributed by atoms with Crippen LogP contribution >= 0.6 is 0 Å². The zero-order valence-corrected chi connectivity index (χ0v) is 6.37. The Bertz CT molecular complexity index is 8.00. The number of rotatable bonds is 0. The van der Waals surface area contributed by atoms with E-state index in [1.54, 1.807) is 0 Å². The minimum Gasteiger partial charge on any atom is -1.00 e. The van der Waals surface area contributed by atoms with Gasteiger partial charge in [-0.15, -0.1) is 0 Å². The van der Waals surface area contributed by atoms with Gasteiger partial charge in [-0.05, 0) is 0 Å². The van der Waals surface area contributed by atoms with Crippen LogP contribution in [-0.2, 0) is 0 Å². The van der Waals surface area contributed by atoms with E-state index < -0.39 is 0 Å². The average molecular weight is 112 g/mol. The molecule has 24 valence electrons. The molecule has 0 saturated heterocycles. The first-order valence-electron chi connectivity index (χ1n) is 0. The molecule has 0 unspecified atom stereocenters. The Morgan fingerprint density at radius 3 is 1.00 bits per heavy atom. The summed E-state index contributed by atoms with van der Waals surface area (Å²) < 4.78 is 0. The summed E-state index contributed by atoms with van der Waals surface area (Å²) in [5.74, 6) is 0. The first kappa shape index (κ1) is 40.9. The molecule has 0 spiro atoms. The largest absolute Gasteiger partial charge is 1.00 e. The topological polar surface area (TPSA) is 35.0 Å². The molecule has 0 radical (unpaired) electrons. The second-order valence-corrected chi connectivity index (χ2v) is 0. The van der Waals surface area contributed by atoms with Gasteiger partial charge in [0.15, 0.2) is 0 Å². The van der Waals surface area contributed by atoms with Crippen LogP contribution < -0.4 is 69.9 Å². The summed E-state index contributed by atoms with van der Waals surface area (Å²) in [4.78, 5) is 0. The molecule has 0 aromatic rings. The van der Waals surface area contributed by atoms with E-state index in [1.807, 2.05) is 0 Å². The minimum absolute atomic E-state index is 0. The van der Waals surface area contributed by atoms with Crippen LogP contribution in [0.1, 0.15) is 0 Å². The Labute approximate surface area is 73.3 Å². The monoisotopic (exact) mass is 111 g/mol. The van der Waals surface area contributed by atoms with Crippen LogP contribution in [0.25, 0.3) is 0 Å². The van der Waals surface area contributed by atoms with Crippen molar-refractivity contribution in [3.05, 3.63) is 0 Å². The van der Waals surface area contributed by atoms with Gasteiger partial charge in [-0.3, -0.25) is 4.70 Å². The molecule has 0 heterocycles. The first-order chi connectivity index (χ1) is 0. The van der Waals surface area contributed by atoms with Gasteiger partial charge in [-0.2, -0.15) is 0 Å². The molecule has 0 aromatic carbocycles. The van der Waals surface area contributed by atoms with Crippen molar-refractivity contribution >= 4 is 0 Å². The van der Waals surface area contributed by atoms with Crippen molar-refractivity contribution in [3.63, 3.8) is 0 Å². The van der Waals surface area contributed by atoms with Crippen molar-refractivity contribution in [2.24, 2.45) is 0 Å². The van der Waals surface area contributed by atoms with Gasteiger partial charge in [0.25, 0.3) is 0 Å². The van der Waals surface area contributed by atoms with Gasteiger partial charge in [0.2, 0.25) is 0 Å². The van der Waals surface area contributed by atoms with Gasteiger partial charge in [0.05, 0.1) is 0 Å². The summed E-state index contributed by atoms with van der Waals surface area (Å²) in [6.45, 7) is 0. The quantitative estimate of drug-likeness (QED) is 0.311. The van der Waals surface area contributed by atoms with Crippen LogP contribution in [0.4, 0.5) is 4.70 Å². The number of halogens is 2. The van der Waals surface area contributed by atoms with E-state index in [-0.39, 0.29) is 74.6 Å². The fourth-order valence-corrected chi connectivity index (χ4v) is 0. The predicted molar refractivity (Wildman–Crippen MR) is 7.53 cm³/mol. The van der Waals surface area contributed by atoms with Crippen molar-refractivity contribution in [2.45, 2.75) is 0 Å². The summed E-state index contributed by atoms with van der Waals surface area (Å²) in [5.41, 5.74) is 0. The van der Waals surface area contributed by atoms with Crippen LogP contribution in [0.15, 0.2) is 0 Å². The minimum atomic E-state index is 0. The Morgan fingerprint density at radius 2 is 1.00 bits per heavy atom. The fraction of sp³-hybridized carbons (Fsp3) is 0. The van der Waals surface area contributed by atoms with Crippen molar-refractivity contribution in [1.29, 1.82) is 0 Å². The summed E-state index contributed by atoms with van der Waals surface area (Å²) >= 11 is 0. The summed E-state index contributed by atoms with van der Waals surface area (Å²) in [6, 6.07) is 0. The van der Waals surface area contributed by atoms with Crippen molar-refractivity contribution < 1.29 is 68.5 Å². The molecule has 3 N–H and O–H groups in total. The molecule has 0 aliphatic heterocycles. The average Bonchev–Trinajstić information content (AvgIpc) is 0. The molecule has 0 rings (SSSR count). The second kappa shape index (κ2) is 21.3. The molecule has 0 amide bonds. The summed E-state index contributed by atoms with van der Waals surface area (Å²) in [7, 11) is 0. The molecule has 4 heteroatoms. The molecular weight excluding hydrogens is 108 g/mol. The van der Waals surface area contributed by atoms with Gasteiger partial charge < -0.3 is 18.6 Å². The zero-order valence-electron chi connectivity index (χ0n) is 2.49. The third-order valence-corrected chi connectivity index (χ3v) is 0. The molecule has 0 bridgehead atoms. The molecular formula is H4ClFKN. The Balaban J connectivity index is 0. The Kier molecular flexibility index (Phi) is 217.